The second-order valence-corrected chi connectivity index (χ2v) is 6.83. The minimum absolute atomic E-state index is 0.454. The van der Waals surface area contributed by atoms with Crippen LogP contribution in [0.1, 0.15) is 17.7 Å². The number of alkyl halides is 1. The fraction of sp³-hybridized carbons (Fsp3) is 0.667. The molecule has 0 atom stereocenters. The molecule has 2 nitrogen and oxygen atoms in total. The molecule has 96 valence electrons. The average molecular weight is 339 g/mol. The van der Waals surface area contributed by atoms with Crippen LogP contribution in [-0.4, -0.2) is 36.0 Å². The Hall–Kier alpha value is 0.390. The van der Waals surface area contributed by atoms with Crippen molar-refractivity contribution in [2.75, 3.05) is 25.0 Å². The van der Waals surface area contributed by atoms with Crippen LogP contribution in [0.2, 0.25) is 4.34 Å². The van der Waals surface area contributed by atoms with E-state index in [0.717, 1.165) is 48.7 Å². The van der Waals surface area contributed by atoms with E-state index in [-0.39, 0.29) is 0 Å². The van der Waals surface area contributed by atoms with Crippen molar-refractivity contribution >= 4 is 38.9 Å². The van der Waals surface area contributed by atoms with Gasteiger partial charge >= 0.3 is 0 Å². The first-order valence-electron chi connectivity index (χ1n) is 5.92. The number of rotatable bonds is 5. The molecule has 2 heterocycles. The second-order valence-electron chi connectivity index (χ2n) is 4.24. The van der Waals surface area contributed by atoms with E-state index in [0.29, 0.717) is 6.10 Å². The van der Waals surface area contributed by atoms with Crippen molar-refractivity contribution in [2.45, 2.75) is 25.5 Å². The maximum absolute atomic E-state index is 5.93. The summed E-state index contributed by atoms with van der Waals surface area (Å²) >= 11 is 11.0. The van der Waals surface area contributed by atoms with E-state index >= 15 is 0 Å². The van der Waals surface area contributed by atoms with Crippen LogP contribution in [-0.2, 0) is 11.3 Å². The van der Waals surface area contributed by atoms with Gasteiger partial charge in [0.25, 0.3) is 0 Å². The molecule has 1 aliphatic heterocycles. The number of hydrogen-bond acceptors (Lipinski definition) is 3. The van der Waals surface area contributed by atoms with Gasteiger partial charge in [-0.2, -0.15) is 0 Å². The monoisotopic (exact) mass is 337 g/mol. The van der Waals surface area contributed by atoms with E-state index in [1.54, 1.807) is 11.3 Å². The molecule has 2 rings (SSSR count). The summed E-state index contributed by atoms with van der Waals surface area (Å²) in [6, 6.07) is 4.10. The predicted molar refractivity (Wildman–Crippen MR) is 77.4 cm³/mol. The van der Waals surface area contributed by atoms with Crippen LogP contribution in [0.25, 0.3) is 0 Å². The topological polar surface area (TPSA) is 12.5 Å². The van der Waals surface area contributed by atoms with E-state index in [4.69, 9.17) is 16.3 Å². The summed E-state index contributed by atoms with van der Waals surface area (Å²) in [5, 5.41) is 0.931. The molecule has 0 N–H and O–H groups in total. The summed E-state index contributed by atoms with van der Waals surface area (Å²) in [5.41, 5.74) is 0. The van der Waals surface area contributed by atoms with Crippen LogP contribution in [0.15, 0.2) is 12.1 Å². The molecule has 0 saturated carbocycles. The van der Waals surface area contributed by atoms with Gasteiger partial charge in [-0.15, -0.1) is 11.3 Å². The molecule has 0 bridgehead atoms. The molecule has 5 heteroatoms. The first-order chi connectivity index (χ1) is 8.28. The second kappa shape index (κ2) is 7.10. The van der Waals surface area contributed by atoms with Gasteiger partial charge in [-0.25, -0.2) is 0 Å². The van der Waals surface area contributed by atoms with Crippen molar-refractivity contribution in [3.63, 3.8) is 0 Å². The Morgan fingerprint density at radius 1 is 1.41 bits per heavy atom. The maximum Gasteiger partial charge on any atom is 0.0931 e. The molecular weight excluding hydrogens is 322 g/mol. The van der Waals surface area contributed by atoms with Crippen LogP contribution in [0.3, 0.4) is 0 Å². The van der Waals surface area contributed by atoms with Crippen LogP contribution in [0.4, 0.5) is 0 Å². The van der Waals surface area contributed by atoms with Gasteiger partial charge in [0.05, 0.1) is 17.0 Å². The van der Waals surface area contributed by atoms with Crippen LogP contribution >= 0.6 is 38.9 Å². The third kappa shape index (κ3) is 4.52. The average Bonchev–Trinajstić information content (AvgIpc) is 2.74. The molecule has 0 unspecified atom stereocenters. The quantitative estimate of drug-likeness (QED) is 0.758. The van der Waals surface area contributed by atoms with E-state index in [1.165, 1.54) is 4.88 Å². The summed E-state index contributed by atoms with van der Waals surface area (Å²) in [7, 11) is 0. The van der Waals surface area contributed by atoms with Crippen molar-refractivity contribution in [1.82, 2.24) is 4.90 Å². The van der Waals surface area contributed by atoms with E-state index < -0.39 is 0 Å². The van der Waals surface area contributed by atoms with Crippen molar-refractivity contribution in [2.24, 2.45) is 0 Å². The number of hydrogen-bond donors (Lipinski definition) is 0. The highest BCUT2D eigenvalue weighted by molar-refractivity contribution is 9.09. The molecular formula is C12H17BrClNOS. The minimum atomic E-state index is 0.454. The van der Waals surface area contributed by atoms with Crippen molar-refractivity contribution in [1.29, 1.82) is 0 Å². The molecule has 0 aromatic carbocycles. The number of thiophene rings is 1. The van der Waals surface area contributed by atoms with Crippen LogP contribution in [0.5, 0.6) is 0 Å². The molecule has 0 spiro atoms. The number of likely N-dealkylation sites (tertiary alicyclic amines) is 1. The highest BCUT2D eigenvalue weighted by Gasteiger charge is 2.19. The summed E-state index contributed by atoms with van der Waals surface area (Å²) in [6.07, 6.45) is 2.74. The highest BCUT2D eigenvalue weighted by Crippen LogP contribution is 2.24. The Kier molecular flexibility index (Phi) is 5.77. The van der Waals surface area contributed by atoms with Gasteiger partial charge in [0.2, 0.25) is 0 Å². The van der Waals surface area contributed by atoms with Crippen LogP contribution < -0.4 is 0 Å². The number of ether oxygens (including phenoxy) is 1. The van der Waals surface area contributed by atoms with E-state index in [1.807, 2.05) is 6.07 Å². The smallest absolute Gasteiger partial charge is 0.0931 e. The molecule has 0 amide bonds. The molecule has 1 aromatic heterocycles. The highest BCUT2D eigenvalue weighted by atomic mass is 79.9. The van der Waals surface area contributed by atoms with Gasteiger partial charge < -0.3 is 4.74 Å². The third-order valence-corrected chi connectivity index (χ3v) is 4.51. The van der Waals surface area contributed by atoms with Gasteiger partial charge in [-0.1, -0.05) is 27.5 Å². The molecule has 1 aliphatic rings. The SMILES string of the molecule is Clc1ccc(CN2CCC(OCCBr)CC2)s1. The Morgan fingerprint density at radius 3 is 2.76 bits per heavy atom. The standard InChI is InChI=1S/C12H17BrClNOS/c13-5-8-16-10-3-6-15(7-4-10)9-11-1-2-12(14)17-11/h1-2,10H,3-9H2. The van der Waals surface area contributed by atoms with Crippen LogP contribution in [0, 0.1) is 0 Å². The van der Waals surface area contributed by atoms with Gasteiger partial charge in [0.15, 0.2) is 0 Å². The zero-order valence-corrected chi connectivity index (χ0v) is 12.9. The summed E-state index contributed by atoms with van der Waals surface area (Å²) in [6.45, 7) is 4.11. The summed E-state index contributed by atoms with van der Waals surface area (Å²) < 4.78 is 6.63. The lowest BCUT2D eigenvalue weighted by molar-refractivity contribution is 0.0143. The fourth-order valence-corrected chi connectivity index (χ4v) is 3.42. The van der Waals surface area contributed by atoms with Gasteiger partial charge in [-0.05, 0) is 25.0 Å². The Balaban J connectivity index is 1.72. The van der Waals surface area contributed by atoms with Gasteiger partial charge in [0.1, 0.15) is 0 Å². The third-order valence-electron chi connectivity index (χ3n) is 2.97. The molecule has 1 aromatic rings. The Morgan fingerprint density at radius 2 is 2.18 bits per heavy atom. The van der Waals surface area contributed by atoms with E-state index in [2.05, 4.69) is 26.9 Å². The van der Waals surface area contributed by atoms with Crippen molar-refractivity contribution < 1.29 is 4.74 Å². The number of halogens is 2. The van der Waals surface area contributed by atoms with Gasteiger partial charge in [0, 0.05) is 29.8 Å². The molecule has 1 saturated heterocycles. The number of piperidine rings is 1. The molecule has 17 heavy (non-hydrogen) atoms. The molecule has 0 radical (unpaired) electrons. The molecule has 0 aliphatic carbocycles. The van der Waals surface area contributed by atoms with Crippen molar-refractivity contribution in [3.05, 3.63) is 21.3 Å². The zero-order valence-electron chi connectivity index (χ0n) is 9.70. The Labute approximate surface area is 120 Å². The summed E-state index contributed by atoms with van der Waals surface area (Å²) in [5.74, 6) is 0. The Bertz CT molecular complexity index is 339. The largest absolute Gasteiger partial charge is 0.377 e. The minimum Gasteiger partial charge on any atom is -0.377 e. The number of nitrogens with zero attached hydrogens (tertiary/aromatic N) is 1. The molecule has 1 fully saturated rings. The lowest BCUT2D eigenvalue weighted by Crippen LogP contribution is -2.36. The van der Waals surface area contributed by atoms with E-state index in [9.17, 15) is 0 Å². The maximum atomic E-state index is 5.93. The lowest BCUT2D eigenvalue weighted by Gasteiger charge is -2.31. The summed E-state index contributed by atoms with van der Waals surface area (Å²) in [4.78, 5) is 3.84. The predicted octanol–water partition coefficient (Wildman–Crippen LogP) is 3.78. The lowest BCUT2D eigenvalue weighted by atomic mass is 10.1. The fourth-order valence-electron chi connectivity index (χ4n) is 2.10. The van der Waals surface area contributed by atoms with Crippen molar-refractivity contribution in [3.8, 4) is 0 Å². The zero-order chi connectivity index (χ0) is 12.1. The normalized spacial score (nSPS) is 18.7. The first-order valence-corrected chi connectivity index (χ1v) is 8.23. The van der Waals surface area contributed by atoms with Gasteiger partial charge in [-0.3, -0.25) is 4.90 Å². The first kappa shape index (κ1) is 13.8.